The van der Waals surface area contributed by atoms with Gasteiger partial charge in [-0.05, 0) is 6.07 Å². The summed E-state index contributed by atoms with van der Waals surface area (Å²) in [6.07, 6.45) is 0. The third-order valence-electron chi connectivity index (χ3n) is 1.52. The van der Waals surface area contributed by atoms with E-state index in [9.17, 15) is 27.3 Å². The largest absolute Gasteiger partial charge is 0.359 e. The monoisotopic (exact) mass is 253 g/mol. The molecule has 16 heavy (non-hydrogen) atoms. The lowest BCUT2D eigenvalue weighted by Gasteiger charge is -2.03. The maximum absolute atomic E-state index is 11.7. The van der Waals surface area contributed by atoms with Gasteiger partial charge in [0.05, 0.1) is 4.92 Å². The van der Waals surface area contributed by atoms with E-state index in [1.165, 1.54) is 0 Å². The standard InChI is InChI=1S/C7H5F2NO5S/c8-7(9)15-16(13,14)6-3-1-2-5(4-6)10(11)12/h1-4,7H. The van der Waals surface area contributed by atoms with Crippen LogP contribution in [0.2, 0.25) is 0 Å². The van der Waals surface area contributed by atoms with Gasteiger partial charge in [-0.1, -0.05) is 6.07 Å². The highest BCUT2D eigenvalue weighted by atomic mass is 32.2. The van der Waals surface area contributed by atoms with Crippen molar-refractivity contribution in [1.29, 1.82) is 0 Å². The second kappa shape index (κ2) is 4.49. The van der Waals surface area contributed by atoms with Crippen molar-refractivity contribution in [2.24, 2.45) is 0 Å². The first-order chi connectivity index (χ1) is 7.33. The van der Waals surface area contributed by atoms with Gasteiger partial charge in [0.25, 0.3) is 5.69 Å². The Balaban J connectivity index is 3.14. The van der Waals surface area contributed by atoms with Gasteiger partial charge in [-0.25, -0.2) is 0 Å². The van der Waals surface area contributed by atoms with E-state index in [-0.39, 0.29) is 0 Å². The van der Waals surface area contributed by atoms with Crippen LogP contribution in [0.15, 0.2) is 29.2 Å². The normalized spacial score (nSPS) is 11.7. The van der Waals surface area contributed by atoms with Crippen LogP contribution in [0.4, 0.5) is 14.5 Å². The van der Waals surface area contributed by atoms with E-state index in [1.54, 1.807) is 0 Å². The maximum atomic E-state index is 11.7. The Morgan fingerprint density at radius 2 is 2.00 bits per heavy atom. The SMILES string of the molecule is O=[N+]([O-])c1cccc(S(=O)(=O)OC(F)F)c1. The molecular formula is C7H5F2NO5S. The average molecular weight is 253 g/mol. The minimum atomic E-state index is -4.67. The molecule has 88 valence electrons. The molecule has 1 rings (SSSR count). The van der Waals surface area contributed by atoms with Crippen molar-refractivity contribution in [3.05, 3.63) is 34.4 Å². The molecule has 0 unspecified atom stereocenters. The van der Waals surface area contributed by atoms with Gasteiger partial charge < -0.3 is 0 Å². The number of alkyl halides is 2. The third-order valence-corrected chi connectivity index (χ3v) is 2.75. The van der Waals surface area contributed by atoms with Crippen LogP contribution < -0.4 is 0 Å². The topological polar surface area (TPSA) is 86.5 Å². The molecule has 0 atom stereocenters. The van der Waals surface area contributed by atoms with Gasteiger partial charge in [0.15, 0.2) is 0 Å². The summed E-state index contributed by atoms with van der Waals surface area (Å²) in [5.74, 6) is 0. The summed E-state index contributed by atoms with van der Waals surface area (Å²) in [6, 6.07) is 3.64. The van der Waals surface area contributed by atoms with Crippen LogP contribution in [0.1, 0.15) is 0 Å². The summed E-state index contributed by atoms with van der Waals surface area (Å²) in [5.41, 5.74) is -0.529. The Kier molecular flexibility index (Phi) is 3.50. The molecule has 1 aromatic rings. The lowest BCUT2D eigenvalue weighted by atomic mass is 10.3. The molecule has 0 fully saturated rings. The summed E-state index contributed by atoms with van der Waals surface area (Å²) in [6.45, 7) is -3.51. The van der Waals surface area contributed by atoms with Crippen LogP contribution in [0.25, 0.3) is 0 Å². The second-order valence-electron chi connectivity index (χ2n) is 2.57. The molecule has 0 bridgehead atoms. The molecule has 0 saturated carbocycles. The molecule has 0 radical (unpaired) electrons. The van der Waals surface area contributed by atoms with Crippen molar-refractivity contribution >= 4 is 15.8 Å². The molecule has 0 heterocycles. The quantitative estimate of drug-likeness (QED) is 0.461. The van der Waals surface area contributed by atoms with Gasteiger partial charge in [-0.3, -0.25) is 10.1 Å². The smallest absolute Gasteiger partial charge is 0.258 e. The fourth-order valence-corrected chi connectivity index (χ4v) is 1.72. The summed E-state index contributed by atoms with van der Waals surface area (Å²) in [4.78, 5) is 8.79. The van der Waals surface area contributed by atoms with Gasteiger partial charge in [-0.2, -0.15) is 21.4 Å². The van der Waals surface area contributed by atoms with Crippen molar-refractivity contribution in [3.8, 4) is 0 Å². The Labute approximate surface area is 88.7 Å². The number of hydrogen-bond acceptors (Lipinski definition) is 5. The Morgan fingerprint density at radius 1 is 1.38 bits per heavy atom. The van der Waals surface area contributed by atoms with Gasteiger partial charge in [0, 0.05) is 12.1 Å². The second-order valence-corrected chi connectivity index (χ2v) is 4.14. The molecule has 0 aliphatic heterocycles. The zero-order valence-electron chi connectivity index (χ0n) is 7.54. The number of hydrogen-bond donors (Lipinski definition) is 0. The highest BCUT2D eigenvalue weighted by molar-refractivity contribution is 7.86. The number of nitrogens with zero attached hydrogens (tertiary/aromatic N) is 1. The molecule has 9 heteroatoms. The molecule has 0 amide bonds. The minimum Gasteiger partial charge on any atom is -0.258 e. The van der Waals surface area contributed by atoms with Crippen LogP contribution >= 0.6 is 0 Å². The molecular weight excluding hydrogens is 248 g/mol. The first kappa shape index (κ1) is 12.5. The lowest BCUT2D eigenvalue weighted by molar-refractivity contribution is -0.385. The van der Waals surface area contributed by atoms with Crippen LogP contribution in [0.5, 0.6) is 0 Å². The van der Waals surface area contributed by atoms with E-state index in [1.807, 2.05) is 0 Å². The van der Waals surface area contributed by atoms with Crippen molar-refractivity contribution in [1.82, 2.24) is 0 Å². The zero-order valence-corrected chi connectivity index (χ0v) is 8.36. The predicted molar refractivity (Wildman–Crippen MR) is 47.4 cm³/mol. The number of nitro benzene ring substituents is 1. The zero-order chi connectivity index (χ0) is 12.3. The van der Waals surface area contributed by atoms with Crippen LogP contribution in [0, 0.1) is 10.1 Å². The first-order valence-electron chi connectivity index (χ1n) is 3.79. The predicted octanol–water partition coefficient (Wildman–Crippen LogP) is 1.52. The number of non-ortho nitro benzene ring substituents is 1. The molecule has 0 N–H and O–H groups in total. The van der Waals surface area contributed by atoms with E-state index < -0.39 is 32.2 Å². The van der Waals surface area contributed by atoms with Crippen molar-refractivity contribution in [2.75, 3.05) is 0 Å². The fraction of sp³-hybridized carbons (Fsp3) is 0.143. The molecule has 0 saturated heterocycles. The highest BCUT2D eigenvalue weighted by Crippen LogP contribution is 2.20. The first-order valence-corrected chi connectivity index (χ1v) is 5.19. The van der Waals surface area contributed by atoms with E-state index >= 15 is 0 Å². The van der Waals surface area contributed by atoms with Gasteiger partial charge in [-0.15, -0.1) is 0 Å². The maximum Gasteiger partial charge on any atom is 0.359 e. The van der Waals surface area contributed by atoms with Gasteiger partial charge in [0.1, 0.15) is 4.90 Å². The van der Waals surface area contributed by atoms with Crippen molar-refractivity contribution in [3.63, 3.8) is 0 Å². The van der Waals surface area contributed by atoms with Crippen LogP contribution in [-0.4, -0.2) is 20.0 Å². The summed E-state index contributed by atoms with van der Waals surface area (Å²) in [7, 11) is -4.67. The minimum absolute atomic E-state index is 0.529. The highest BCUT2D eigenvalue weighted by Gasteiger charge is 2.22. The molecule has 0 aliphatic carbocycles. The molecule has 1 aromatic carbocycles. The number of benzene rings is 1. The molecule has 0 aliphatic rings. The third kappa shape index (κ3) is 2.94. The Morgan fingerprint density at radius 3 is 2.50 bits per heavy atom. The average Bonchev–Trinajstić information content (AvgIpc) is 2.16. The lowest BCUT2D eigenvalue weighted by Crippen LogP contribution is -2.10. The summed E-state index contributed by atoms with van der Waals surface area (Å²) < 4.78 is 49.0. The number of nitro groups is 1. The van der Waals surface area contributed by atoms with Gasteiger partial charge in [0.2, 0.25) is 0 Å². The van der Waals surface area contributed by atoms with E-state index in [0.717, 1.165) is 18.2 Å². The van der Waals surface area contributed by atoms with Crippen LogP contribution in [0.3, 0.4) is 0 Å². The summed E-state index contributed by atoms with van der Waals surface area (Å²) in [5, 5.41) is 10.3. The molecule has 6 nitrogen and oxygen atoms in total. The van der Waals surface area contributed by atoms with Crippen molar-refractivity contribution < 1.29 is 26.3 Å². The summed E-state index contributed by atoms with van der Waals surface area (Å²) >= 11 is 0. The van der Waals surface area contributed by atoms with E-state index in [4.69, 9.17) is 0 Å². The Hall–Kier alpha value is -1.61. The van der Waals surface area contributed by atoms with Gasteiger partial charge >= 0.3 is 16.7 Å². The molecule has 0 aromatic heterocycles. The number of halogens is 2. The fourth-order valence-electron chi connectivity index (χ4n) is 0.904. The number of rotatable bonds is 4. The Bertz CT molecular complexity index is 501. The molecule has 0 spiro atoms. The van der Waals surface area contributed by atoms with E-state index in [2.05, 4.69) is 4.18 Å². The van der Waals surface area contributed by atoms with Crippen molar-refractivity contribution in [2.45, 2.75) is 11.5 Å². The van der Waals surface area contributed by atoms with E-state index in [0.29, 0.717) is 6.07 Å². The van der Waals surface area contributed by atoms with Crippen LogP contribution in [-0.2, 0) is 14.3 Å².